The van der Waals surface area contributed by atoms with E-state index in [1.165, 1.54) is 11.3 Å². The number of hydrogen-bond donors (Lipinski definition) is 2. The predicted octanol–water partition coefficient (Wildman–Crippen LogP) is 1.12. The molecule has 1 aliphatic rings. The largest absolute Gasteiger partial charge is 0.351 e. The number of aryl methyl sites for hydroxylation is 1. The van der Waals surface area contributed by atoms with Gasteiger partial charge in [0.1, 0.15) is 4.88 Å². The second-order valence-corrected chi connectivity index (χ2v) is 6.18. The Hall–Kier alpha value is -0.980. The fourth-order valence-corrected chi connectivity index (χ4v) is 3.21. The van der Waals surface area contributed by atoms with Gasteiger partial charge in [0.15, 0.2) is 0 Å². The average Bonchev–Trinajstić information content (AvgIpc) is 2.94. The topological polar surface area (TPSA) is 57.3 Å². The van der Waals surface area contributed by atoms with E-state index in [0.29, 0.717) is 0 Å². The van der Waals surface area contributed by atoms with Gasteiger partial charge in [0, 0.05) is 32.7 Å². The Labute approximate surface area is 124 Å². The molecule has 20 heavy (non-hydrogen) atoms. The maximum atomic E-state index is 11.9. The molecule has 0 radical (unpaired) electrons. The molecule has 1 aromatic rings. The maximum absolute atomic E-state index is 11.9. The third kappa shape index (κ3) is 4.85. The number of rotatable bonds is 7. The fourth-order valence-electron chi connectivity index (χ4n) is 2.27. The average molecular weight is 296 g/mol. The predicted molar refractivity (Wildman–Crippen MR) is 82.4 cm³/mol. The molecule has 0 spiro atoms. The number of thiazole rings is 1. The van der Waals surface area contributed by atoms with Crippen LogP contribution in [-0.4, -0.2) is 55.1 Å². The highest BCUT2D eigenvalue weighted by molar-refractivity contribution is 7.13. The van der Waals surface area contributed by atoms with Gasteiger partial charge >= 0.3 is 0 Å². The van der Waals surface area contributed by atoms with Crippen LogP contribution in [0.25, 0.3) is 0 Å². The Kier molecular flexibility index (Phi) is 6.42. The van der Waals surface area contributed by atoms with Crippen molar-refractivity contribution >= 4 is 17.2 Å². The zero-order valence-corrected chi connectivity index (χ0v) is 13.0. The van der Waals surface area contributed by atoms with Crippen molar-refractivity contribution in [2.24, 2.45) is 0 Å². The second-order valence-electron chi connectivity index (χ2n) is 5.07. The van der Waals surface area contributed by atoms with Crippen molar-refractivity contribution in [2.75, 3.05) is 39.3 Å². The molecule has 1 aliphatic heterocycles. The van der Waals surface area contributed by atoms with Crippen molar-refractivity contribution in [2.45, 2.75) is 26.2 Å². The summed E-state index contributed by atoms with van der Waals surface area (Å²) in [5.74, 6) is 0.0187. The summed E-state index contributed by atoms with van der Waals surface area (Å²) in [6.45, 7) is 8.31. The van der Waals surface area contributed by atoms with E-state index in [1.807, 2.05) is 0 Å². The van der Waals surface area contributed by atoms with Gasteiger partial charge in [-0.3, -0.25) is 4.79 Å². The van der Waals surface area contributed by atoms with E-state index in [2.05, 4.69) is 27.4 Å². The quantitative estimate of drug-likeness (QED) is 0.740. The third-order valence-corrected chi connectivity index (χ3v) is 4.44. The van der Waals surface area contributed by atoms with Crippen LogP contribution in [0.2, 0.25) is 0 Å². The monoisotopic (exact) mass is 296 g/mol. The van der Waals surface area contributed by atoms with Crippen LogP contribution in [0, 0.1) is 0 Å². The minimum Gasteiger partial charge on any atom is -0.351 e. The van der Waals surface area contributed by atoms with Crippen molar-refractivity contribution in [3.8, 4) is 0 Å². The summed E-state index contributed by atoms with van der Waals surface area (Å²) >= 11 is 1.51. The van der Waals surface area contributed by atoms with Crippen LogP contribution in [0.4, 0.5) is 0 Å². The van der Waals surface area contributed by atoms with Crippen LogP contribution in [0.3, 0.4) is 0 Å². The van der Waals surface area contributed by atoms with Crippen LogP contribution in [0.5, 0.6) is 0 Å². The molecule has 6 heteroatoms. The lowest BCUT2D eigenvalue weighted by Gasteiger charge is -2.26. The molecule has 0 aromatic carbocycles. The fraction of sp³-hybridized carbons (Fsp3) is 0.714. The molecular formula is C14H24N4OS. The van der Waals surface area contributed by atoms with Gasteiger partial charge < -0.3 is 15.5 Å². The van der Waals surface area contributed by atoms with E-state index in [0.717, 1.165) is 68.4 Å². The van der Waals surface area contributed by atoms with E-state index in [9.17, 15) is 4.79 Å². The Balaban J connectivity index is 1.63. The normalized spacial score (nSPS) is 16.2. The first-order valence-corrected chi connectivity index (χ1v) is 8.27. The van der Waals surface area contributed by atoms with Gasteiger partial charge in [-0.05, 0) is 25.8 Å². The third-order valence-electron chi connectivity index (χ3n) is 3.39. The van der Waals surface area contributed by atoms with E-state index in [-0.39, 0.29) is 5.91 Å². The second kappa shape index (κ2) is 8.34. The van der Waals surface area contributed by atoms with Crippen molar-refractivity contribution in [3.63, 3.8) is 0 Å². The van der Waals surface area contributed by atoms with Gasteiger partial charge in [-0.2, -0.15) is 0 Å². The number of piperazine rings is 1. The molecule has 5 nitrogen and oxygen atoms in total. The van der Waals surface area contributed by atoms with Crippen molar-refractivity contribution < 1.29 is 4.79 Å². The van der Waals surface area contributed by atoms with Gasteiger partial charge in [0.05, 0.1) is 11.2 Å². The van der Waals surface area contributed by atoms with Gasteiger partial charge in [0.2, 0.25) is 0 Å². The Morgan fingerprint density at radius 1 is 1.50 bits per heavy atom. The minimum atomic E-state index is 0.0187. The summed E-state index contributed by atoms with van der Waals surface area (Å²) < 4.78 is 0. The van der Waals surface area contributed by atoms with Gasteiger partial charge in [-0.15, -0.1) is 11.3 Å². The molecule has 112 valence electrons. The van der Waals surface area contributed by atoms with E-state index >= 15 is 0 Å². The Bertz CT molecular complexity index is 415. The molecule has 2 heterocycles. The lowest BCUT2D eigenvalue weighted by molar-refractivity contribution is 0.0955. The van der Waals surface area contributed by atoms with E-state index in [4.69, 9.17) is 0 Å². The lowest BCUT2D eigenvalue weighted by Crippen LogP contribution is -2.44. The Morgan fingerprint density at radius 3 is 3.05 bits per heavy atom. The SMILES string of the molecule is CCCc1ncc(C(=O)NCCCN2CCNCC2)s1. The molecule has 0 atom stereocenters. The molecule has 0 saturated carbocycles. The molecule has 1 fully saturated rings. The van der Waals surface area contributed by atoms with Crippen molar-refractivity contribution in [3.05, 3.63) is 16.1 Å². The summed E-state index contributed by atoms with van der Waals surface area (Å²) in [4.78, 5) is 19.4. The highest BCUT2D eigenvalue weighted by Crippen LogP contribution is 2.14. The molecule has 0 unspecified atom stereocenters. The van der Waals surface area contributed by atoms with Crippen LogP contribution in [0.1, 0.15) is 34.4 Å². The minimum absolute atomic E-state index is 0.0187. The Morgan fingerprint density at radius 2 is 2.30 bits per heavy atom. The highest BCUT2D eigenvalue weighted by Gasteiger charge is 2.11. The first-order valence-electron chi connectivity index (χ1n) is 7.45. The number of nitrogens with zero attached hydrogens (tertiary/aromatic N) is 2. The molecule has 1 saturated heterocycles. The first-order chi connectivity index (χ1) is 9.79. The number of carbonyl (C=O) groups is 1. The molecule has 0 aliphatic carbocycles. The molecule has 0 bridgehead atoms. The highest BCUT2D eigenvalue weighted by atomic mass is 32.1. The molecule has 1 aromatic heterocycles. The first kappa shape index (κ1) is 15.4. The zero-order valence-electron chi connectivity index (χ0n) is 12.2. The number of aromatic nitrogens is 1. The van der Waals surface area contributed by atoms with Crippen molar-refractivity contribution in [1.82, 2.24) is 20.5 Å². The van der Waals surface area contributed by atoms with E-state index in [1.54, 1.807) is 6.20 Å². The number of carbonyl (C=O) groups excluding carboxylic acids is 1. The van der Waals surface area contributed by atoms with E-state index < -0.39 is 0 Å². The molecule has 2 rings (SSSR count). The summed E-state index contributed by atoms with van der Waals surface area (Å²) in [7, 11) is 0. The molecular weight excluding hydrogens is 272 g/mol. The summed E-state index contributed by atoms with van der Waals surface area (Å²) in [5, 5.41) is 7.38. The summed E-state index contributed by atoms with van der Waals surface area (Å²) in [5.41, 5.74) is 0. The van der Waals surface area contributed by atoms with Gasteiger partial charge in [0.25, 0.3) is 5.91 Å². The zero-order chi connectivity index (χ0) is 14.2. The van der Waals surface area contributed by atoms with Crippen LogP contribution in [0.15, 0.2) is 6.20 Å². The van der Waals surface area contributed by atoms with Gasteiger partial charge in [-0.25, -0.2) is 4.98 Å². The smallest absolute Gasteiger partial charge is 0.263 e. The number of amides is 1. The molecule has 1 amide bonds. The standard InChI is InChI=1S/C14H24N4OS/c1-2-4-13-17-11-12(20-13)14(19)16-5-3-8-18-9-6-15-7-10-18/h11,15H,2-10H2,1H3,(H,16,19). The lowest BCUT2D eigenvalue weighted by atomic mass is 10.3. The van der Waals surface area contributed by atoms with Crippen LogP contribution < -0.4 is 10.6 Å². The van der Waals surface area contributed by atoms with Crippen molar-refractivity contribution in [1.29, 1.82) is 0 Å². The van der Waals surface area contributed by atoms with Crippen LogP contribution >= 0.6 is 11.3 Å². The molecule has 2 N–H and O–H groups in total. The number of nitrogens with one attached hydrogen (secondary N) is 2. The summed E-state index contributed by atoms with van der Waals surface area (Å²) in [6, 6.07) is 0. The number of hydrogen-bond acceptors (Lipinski definition) is 5. The van der Waals surface area contributed by atoms with Gasteiger partial charge in [-0.1, -0.05) is 6.92 Å². The van der Waals surface area contributed by atoms with Crippen LogP contribution in [-0.2, 0) is 6.42 Å². The maximum Gasteiger partial charge on any atom is 0.263 e. The summed E-state index contributed by atoms with van der Waals surface area (Å²) in [6.07, 6.45) is 4.73.